The summed E-state index contributed by atoms with van der Waals surface area (Å²) in [6.45, 7) is 2.95. The van der Waals surface area contributed by atoms with Gasteiger partial charge in [-0.05, 0) is 31.4 Å². The molecule has 0 atom stereocenters. The van der Waals surface area contributed by atoms with Crippen LogP contribution in [-0.4, -0.2) is 31.4 Å². The van der Waals surface area contributed by atoms with Crippen LogP contribution in [0.15, 0.2) is 35.2 Å². The molecule has 0 bridgehead atoms. The van der Waals surface area contributed by atoms with E-state index in [1.165, 1.54) is 6.42 Å². The summed E-state index contributed by atoms with van der Waals surface area (Å²) in [5.41, 5.74) is 5.64. The number of hydrogen-bond acceptors (Lipinski definition) is 3. The summed E-state index contributed by atoms with van der Waals surface area (Å²) in [4.78, 5) is 0.372. The zero-order valence-electron chi connectivity index (χ0n) is 12.8. The molecule has 1 aromatic carbocycles. The standard InChI is InChI=1S/C16H26N2O2S/c1-2-13-18(16(14-17)11-7-4-8-12-16)21(19,20)15-9-5-3-6-10-15/h3,5-6,9-10H,2,4,7-8,11-14,17H2,1H3. The van der Waals surface area contributed by atoms with E-state index in [1.54, 1.807) is 28.6 Å². The van der Waals surface area contributed by atoms with E-state index < -0.39 is 15.6 Å². The maximum absolute atomic E-state index is 13.1. The van der Waals surface area contributed by atoms with Crippen LogP contribution in [0.2, 0.25) is 0 Å². The van der Waals surface area contributed by atoms with Crippen molar-refractivity contribution in [3.63, 3.8) is 0 Å². The van der Waals surface area contributed by atoms with E-state index >= 15 is 0 Å². The number of nitrogens with two attached hydrogens (primary N) is 1. The molecule has 1 aliphatic rings. The molecule has 0 aliphatic heterocycles. The van der Waals surface area contributed by atoms with Crippen molar-refractivity contribution in [2.24, 2.45) is 5.73 Å². The van der Waals surface area contributed by atoms with Gasteiger partial charge in [0.05, 0.1) is 4.90 Å². The van der Waals surface area contributed by atoms with Gasteiger partial charge in [0.2, 0.25) is 10.0 Å². The van der Waals surface area contributed by atoms with Crippen LogP contribution in [0.25, 0.3) is 0 Å². The van der Waals surface area contributed by atoms with Gasteiger partial charge >= 0.3 is 0 Å². The lowest BCUT2D eigenvalue weighted by atomic mass is 9.81. The van der Waals surface area contributed by atoms with Gasteiger partial charge in [0.1, 0.15) is 0 Å². The van der Waals surface area contributed by atoms with Gasteiger partial charge in [0, 0.05) is 18.6 Å². The van der Waals surface area contributed by atoms with Crippen molar-refractivity contribution in [3.8, 4) is 0 Å². The first kappa shape index (κ1) is 16.5. The molecule has 2 N–H and O–H groups in total. The third kappa shape index (κ3) is 3.30. The van der Waals surface area contributed by atoms with Crippen LogP contribution in [0.4, 0.5) is 0 Å². The van der Waals surface area contributed by atoms with Crippen molar-refractivity contribution in [2.75, 3.05) is 13.1 Å². The number of hydrogen-bond donors (Lipinski definition) is 1. The summed E-state index contributed by atoms with van der Waals surface area (Å²) >= 11 is 0. The average molecular weight is 310 g/mol. The Hall–Kier alpha value is -0.910. The molecule has 0 aromatic heterocycles. The highest BCUT2D eigenvalue weighted by Gasteiger charge is 2.43. The minimum atomic E-state index is -3.48. The topological polar surface area (TPSA) is 63.4 Å². The van der Waals surface area contributed by atoms with Crippen LogP contribution in [0.1, 0.15) is 45.4 Å². The lowest BCUT2D eigenvalue weighted by molar-refractivity contribution is 0.136. The molecule has 0 saturated heterocycles. The van der Waals surface area contributed by atoms with Gasteiger partial charge in [-0.2, -0.15) is 4.31 Å². The van der Waals surface area contributed by atoms with Gasteiger partial charge in [0.15, 0.2) is 0 Å². The molecule has 0 radical (unpaired) electrons. The fraction of sp³-hybridized carbons (Fsp3) is 0.625. The maximum Gasteiger partial charge on any atom is 0.243 e. The monoisotopic (exact) mass is 310 g/mol. The van der Waals surface area contributed by atoms with E-state index in [0.29, 0.717) is 18.0 Å². The Morgan fingerprint density at radius 2 is 1.76 bits per heavy atom. The zero-order valence-corrected chi connectivity index (χ0v) is 13.6. The van der Waals surface area contributed by atoms with Crippen molar-refractivity contribution < 1.29 is 8.42 Å². The first-order chi connectivity index (χ1) is 10.1. The third-order valence-electron chi connectivity index (χ3n) is 4.45. The summed E-state index contributed by atoms with van der Waals surface area (Å²) < 4.78 is 27.8. The minimum Gasteiger partial charge on any atom is -0.329 e. The smallest absolute Gasteiger partial charge is 0.243 e. The molecule has 4 nitrogen and oxygen atoms in total. The Balaban J connectivity index is 2.42. The Labute approximate surface area is 128 Å². The van der Waals surface area contributed by atoms with Crippen molar-refractivity contribution >= 4 is 10.0 Å². The van der Waals surface area contributed by atoms with Crippen molar-refractivity contribution in [3.05, 3.63) is 30.3 Å². The number of rotatable bonds is 6. The molecule has 0 spiro atoms. The highest BCUT2D eigenvalue weighted by Crippen LogP contribution is 2.36. The second-order valence-corrected chi connectivity index (χ2v) is 7.74. The molecule has 21 heavy (non-hydrogen) atoms. The molecule has 0 unspecified atom stereocenters. The van der Waals surface area contributed by atoms with Gasteiger partial charge in [-0.3, -0.25) is 0 Å². The van der Waals surface area contributed by atoms with Crippen LogP contribution in [0.3, 0.4) is 0 Å². The quantitative estimate of drug-likeness (QED) is 0.878. The van der Waals surface area contributed by atoms with Crippen molar-refractivity contribution in [2.45, 2.75) is 55.9 Å². The second kappa shape index (κ2) is 6.90. The van der Waals surface area contributed by atoms with Crippen LogP contribution < -0.4 is 5.73 Å². The summed E-state index contributed by atoms with van der Waals surface area (Å²) in [6, 6.07) is 8.72. The molecule has 2 rings (SSSR count). The lowest BCUT2D eigenvalue weighted by Crippen LogP contribution is -2.57. The highest BCUT2D eigenvalue weighted by molar-refractivity contribution is 7.89. The van der Waals surface area contributed by atoms with E-state index in [-0.39, 0.29) is 0 Å². The van der Waals surface area contributed by atoms with E-state index in [1.807, 2.05) is 13.0 Å². The van der Waals surface area contributed by atoms with E-state index in [2.05, 4.69) is 0 Å². The number of benzene rings is 1. The molecular formula is C16H26N2O2S. The Morgan fingerprint density at radius 3 is 2.29 bits per heavy atom. The first-order valence-electron chi connectivity index (χ1n) is 7.85. The molecule has 0 amide bonds. The van der Waals surface area contributed by atoms with Crippen LogP contribution in [0, 0.1) is 0 Å². The predicted octanol–water partition coefficient (Wildman–Crippen LogP) is 2.75. The second-order valence-electron chi connectivity index (χ2n) is 5.88. The molecule has 1 aromatic rings. The van der Waals surface area contributed by atoms with E-state index in [4.69, 9.17) is 5.73 Å². The van der Waals surface area contributed by atoms with Crippen LogP contribution >= 0.6 is 0 Å². The van der Waals surface area contributed by atoms with Gasteiger partial charge in [-0.1, -0.05) is 44.4 Å². The highest BCUT2D eigenvalue weighted by atomic mass is 32.2. The minimum absolute atomic E-state index is 0.372. The molecule has 1 aliphatic carbocycles. The van der Waals surface area contributed by atoms with E-state index in [9.17, 15) is 8.42 Å². The summed E-state index contributed by atoms with van der Waals surface area (Å²) in [5, 5.41) is 0. The molecular weight excluding hydrogens is 284 g/mol. The summed E-state index contributed by atoms with van der Waals surface area (Å²) in [6.07, 6.45) is 5.83. The largest absolute Gasteiger partial charge is 0.329 e. The first-order valence-corrected chi connectivity index (χ1v) is 9.29. The maximum atomic E-state index is 13.1. The Kier molecular flexibility index (Phi) is 5.41. The SMILES string of the molecule is CCCN(C1(CN)CCCCC1)S(=O)(=O)c1ccccc1. The van der Waals surface area contributed by atoms with Gasteiger partial charge in [-0.25, -0.2) is 8.42 Å². The lowest BCUT2D eigenvalue weighted by Gasteiger charge is -2.44. The van der Waals surface area contributed by atoms with Crippen molar-refractivity contribution in [1.29, 1.82) is 0 Å². The predicted molar refractivity (Wildman–Crippen MR) is 85.5 cm³/mol. The molecule has 118 valence electrons. The third-order valence-corrected chi connectivity index (χ3v) is 6.47. The molecule has 1 saturated carbocycles. The Bertz CT molecular complexity index is 537. The van der Waals surface area contributed by atoms with Gasteiger partial charge < -0.3 is 5.73 Å². The van der Waals surface area contributed by atoms with Gasteiger partial charge in [-0.15, -0.1) is 0 Å². The number of nitrogens with zero attached hydrogens (tertiary/aromatic N) is 1. The van der Waals surface area contributed by atoms with E-state index in [0.717, 1.165) is 32.1 Å². The summed E-state index contributed by atoms with van der Waals surface area (Å²) in [7, 11) is -3.48. The van der Waals surface area contributed by atoms with Gasteiger partial charge in [0.25, 0.3) is 0 Å². The normalized spacial score (nSPS) is 18.8. The van der Waals surface area contributed by atoms with Crippen LogP contribution in [-0.2, 0) is 10.0 Å². The fourth-order valence-corrected chi connectivity index (χ4v) is 5.25. The molecule has 1 fully saturated rings. The molecule has 5 heteroatoms. The summed E-state index contributed by atoms with van der Waals surface area (Å²) in [5.74, 6) is 0. The van der Waals surface area contributed by atoms with Crippen molar-refractivity contribution in [1.82, 2.24) is 4.31 Å². The number of sulfonamides is 1. The molecule has 0 heterocycles. The fourth-order valence-electron chi connectivity index (χ4n) is 3.30. The average Bonchev–Trinajstić information content (AvgIpc) is 2.54. The zero-order chi connectivity index (χ0) is 15.3. The Morgan fingerprint density at radius 1 is 1.14 bits per heavy atom. The van der Waals surface area contributed by atoms with Crippen LogP contribution in [0.5, 0.6) is 0 Å².